The molecule has 0 bridgehead atoms. The van der Waals surface area contributed by atoms with E-state index < -0.39 is 7.32 Å². The Bertz CT molecular complexity index is 370. The highest BCUT2D eigenvalue weighted by Crippen LogP contribution is 2.15. The molecule has 0 aliphatic rings. The maximum Gasteiger partial charge on any atom is 0.634 e. The zero-order chi connectivity index (χ0) is 16.8. The lowest BCUT2D eigenvalue weighted by Crippen LogP contribution is -2.27. The molecule has 1 unspecified atom stereocenters. The molecular formula is C19H33BO3. The van der Waals surface area contributed by atoms with E-state index in [0.29, 0.717) is 0 Å². The van der Waals surface area contributed by atoms with Crippen molar-refractivity contribution in [2.45, 2.75) is 83.7 Å². The fourth-order valence-corrected chi connectivity index (χ4v) is 2.95. The Morgan fingerprint density at radius 2 is 1.43 bits per heavy atom. The second-order valence-corrected chi connectivity index (χ2v) is 6.39. The maximum absolute atomic E-state index is 9.08. The molecule has 0 fully saturated rings. The Hall–Kier alpha value is -0.835. The van der Waals surface area contributed by atoms with E-state index >= 15 is 0 Å². The number of unbranched alkanes of at least 4 members (excludes halogenated alkanes) is 8. The average Bonchev–Trinajstić information content (AvgIpc) is 2.53. The SMILES string of the molecule is CCCCCCCCCCCC(Cc1ccccc1)OB(O)O. The van der Waals surface area contributed by atoms with Crippen LogP contribution < -0.4 is 0 Å². The summed E-state index contributed by atoms with van der Waals surface area (Å²) in [7, 11) is -1.68. The number of hydrogen-bond donors (Lipinski definition) is 2. The minimum absolute atomic E-state index is 0.123. The summed E-state index contributed by atoms with van der Waals surface area (Å²) < 4.78 is 5.24. The fraction of sp³-hybridized carbons (Fsp3) is 0.684. The lowest BCUT2D eigenvalue weighted by Gasteiger charge is -2.18. The van der Waals surface area contributed by atoms with Crippen LogP contribution in [-0.2, 0) is 11.1 Å². The van der Waals surface area contributed by atoms with Crippen molar-refractivity contribution in [3.63, 3.8) is 0 Å². The average molecular weight is 320 g/mol. The fourth-order valence-electron chi connectivity index (χ4n) is 2.95. The van der Waals surface area contributed by atoms with E-state index in [1.165, 1.54) is 56.9 Å². The second-order valence-electron chi connectivity index (χ2n) is 6.39. The molecule has 3 nitrogen and oxygen atoms in total. The van der Waals surface area contributed by atoms with Gasteiger partial charge in [0.1, 0.15) is 0 Å². The summed E-state index contributed by atoms with van der Waals surface area (Å²) in [4.78, 5) is 0. The maximum atomic E-state index is 9.08. The summed E-state index contributed by atoms with van der Waals surface area (Å²) in [6.07, 6.45) is 13.1. The van der Waals surface area contributed by atoms with Crippen LogP contribution in [0, 0.1) is 0 Å². The van der Waals surface area contributed by atoms with E-state index in [-0.39, 0.29) is 6.10 Å². The lowest BCUT2D eigenvalue weighted by atomic mass is 10.00. The largest absolute Gasteiger partial charge is 0.634 e. The van der Waals surface area contributed by atoms with Gasteiger partial charge in [-0.15, -0.1) is 0 Å². The highest BCUT2D eigenvalue weighted by atomic mass is 16.6. The Kier molecular flexibility index (Phi) is 11.9. The zero-order valence-corrected chi connectivity index (χ0v) is 14.6. The molecular weight excluding hydrogens is 287 g/mol. The smallest absolute Gasteiger partial charge is 0.402 e. The molecule has 1 aromatic carbocycles. The number of rotatable bonds is 14. The quantitative estimate of drug-likeness (QED) is 0.392. The molecule has 0 saturated carbocycles. The van der Waals surface area contributed by atoms with E-state index in [4.69, 9.17) is 14.7 Å². The van der Waals surface area contributed by atoms with E-state index in [1.54, 1.807) is 0 Å². The zero-order valence-electron chi connectivity index (χ0n) is 14.6. The molecule has 0 heterocycles. The topological polar surface area (TPSA) is 49.7 Å². The Balaban J connectivity index is 2.14. The first kappa shape index (κ1) is 20.2. The molecule has 2 N–H and O–H groups in total. The van der Waals surface area contributed by atoms with Gasteiger partial charge in [-0.25, -0.2) is 0 Å². The molecule has 0 spiro atoms. The van der Waals surface area contributed by atoms with Crippen molar-refractivity contribution >= 4 is 7.32 Å². The van der Waals surface area contributed by atoms with E-state index in [1.807, 2.05) is 18.2 Å². The molecule has 0 aliphatic heterocycles. The van der Waals surface area contributed by atoms with Crippen LogP contribution in [0.2, 0.25) is 0 Å². The van der Waals surface area contributed by atoms with Crippen LogP contribution in [0.5, 0.6) is 0 Å². The van der Waals surface area contributed by atoms with Gasteiger partial charge in [-0.2, -0.15) is 0 Å². The van der Waals surface area contributed by atoms with Crippen LogP contribution in [0.3, 0.4) is 0 Å². The van der Waals surface area contributed by atoms with Gasteiger partial charge < -0.3 is 14.7 Å². The van der Waals surface area contributed by atoms with E-state index in [0.717, 1.165) is 19.3 Å². The third kappa shape index (κ3) is 11.4. The van der Waals surface area contributed by atoms with Crippen molar-refractivity contribution in [3.8, 4) is 0 Å². The van der Waals surface area contributed by atoms with Gasteiger partial charge in [-0.1, -0.05) is 95.0 Å². The Morgan fingerprint density at radius 1 is 0.870 bits per heavy atom. The minimum atomic E-state index is -1.68. The first-order valence-corrected chi connectivity index (χ1v) is 9.28. The Labute approximate surface area is 142 Å². The van der Waals surface area contributed by atoms with Crippen LogP contribution in [-0.4, -0.2) is 23.5 Å². The van der Waals surface area contributed by atoms with Gasteiger partial charge in [0.15, 0.2) is 0 Å². The predicted molar refractivity (Wildman–Crippen MR) is 97.1 cm³/mol. The van der Waals surface area contributed by atoms with Crippen LogP contribution in [0.25, 0.3) is 0 Å². The van der Waals surface area contributed by atoms with Crippen molar-refractivity contribution in [3.05, 3.63) is 35.9 Å². The molecule has 1 rings (SSSR count). The molecule has 0 aromatic heterocycles. The van der Waals surface area contributed by atoms with Gasteiger partial charge in [0.25, 0.3) is 0 Å². The Morgan fingerprint density at radius 3 is 2.00 bits per heavy atom. The lowest BCUT2D eigenvalue weighted by molar-refractivity contribution is 0.109. The molecule has 23 heavy (non-hydrogen) atoms. The van der Waals surface area contributed by atoms with Crippen LogP contribution in [0.4, 0.5) is 0 Å². The summed E-state index contributed by atoms with van der Waals surface area (Å²) >= 11 is 0. The van der Waals surface area contributed by atoms with E-state index in [9.17, 15) is 0 Å². The highest BCUT2D eigenvalue weighted by Gasteiger charge is 2.18. The molecule has 1 atom stereocenters. The van der Waals surface area contributed by atoms with Gasteiger partial charge in [0.05, 0.1) is 0 Å². The van der Waals surface area contributed by atoms with Gasteiger partial charge in [0, 0.05) is 6.10 Å². The monoisotopic (exact) mass is 320 g/mol. The van der Waals surface area contributed by atoms with Crippen molar-refractivity contribution in [1.82, 2.24) is 0 Å². The number of benzene rings is 1. The van der Waals surface area contributed by atoms with Crippen molar-refractivity contribution in [2.24, 2.45) is 0 Å². The van der Waals surface area contributed by atoms with Crippen LogP contribution in [0.1, 0.15) is 76.7 Å². The van der Waals surface area contributed by atoms with Gasteiger partial charge in [0.2, 0.25) is 0 Å². The van der Waals surface area contributed by atoms with Gasteiger partial charge >= 0.3 is 7.32 Å². The normalized spacial score (nSPS) is 12.3. The summed E-state index contributed by atoms with van der Waals surface area (Å²) in [5.41, 5.74) is 1.18. The van der Waals surface area contributed by atoms with Crippen LogP contribution >= 0.6 is 0 Å². The molecule has 0 aliphatic carbocycles. The molecule has 1 aromatic rings. The summed E-state index contributed by atoms with van der Waals surface area (Å²) in [5, 5.41) is 18.2. The highest BCUT2D eigenvalue weighted by molar-refractivity contribution is 6.32. The molecule has 0 saturated heterocycles. The van der Waals surface area contributed by atoms with Crippen molar-refractivity contribution in [2.75, 3.05) is 0 Å². The summed E-state index contributed by atoms with van der Waals surface area (Å²) in [6.45, 7) is 2.25. The van der Waals surface area contributed by atoms with Gasteiger partial charge in [-0.05, 0) is 18.4 Å². The van der Waals surface area contributed by atoms with Crippen LogP contribution in [0.15, 0.2) is 30.3 Å². The first-order chi connectivity index (χ1) is 11.2. The summed E-state index contributed by atoms with van der Waals surface area (Å²) in [5.74, 6) is 0. The molecule has 0 amide bonds. The predicted octanol–water partition coefficient (Wildman–Crippen LogP) is 4.50. The molecule has 130 valence electrons. The second kappa shape index (κ2) is 13.6. The van der Waals surface area contributed by atoms with E-state index in [2.05, 4.69) is 19.1 Å². The third-order valence-electron chi connectivity index (χ3n) is 4.25. The van der Waals surface area contributed by atoms with Crippen molar-refractivity contribution in [1.29, 1.82) is 0 Å². The standard InChI is InChI=1S/C19H33BO3/c1-2-3-4-5-6-7-8-9-13-16-19(23-20(21)22)17-18-14-11-10-12-15-18/h10-12,14-15,19,21-22H,2-9,13,16-17H2,1H3. The van der Waals surface area contributed by atoms with Gasteiger partial charge in [-0.3, -0.25) is 0 Å². The minimum Gasteiger partial charge on any atom is -0.402 e. The van der Waals surface area contributed by atoms with Crippen molar-refractivity contribution < 1.29 is 14.7 Å². The molecule has 0 radical (unpaired) electrons. The third-order valence-corrected chi connectivity index (χ3v) is 4.25. The summed E-state index contributed by atoms with van der Waals surface area (Å²) in [6, 6.07) is 10.1. The number of hydrogen-bond acceptors (Lipinski definition) is 3. The first-order valence-electron chi connectivity index (χ1n) is 9.28. The molecule has 4 heteroatoms.